The van der Waals surface area contributed by atoms with Gasteiger partial charge in [0.1, 0.15) is 0 Å². The van der Waals surface area contributed by atoms with Gasteiger partial charge in [-0.05, 0) is 27.2 Å². The monoisotopic (exact) mass is 215 g/mol. The number of hydrogen-bond acceptors (Lipinski definition) is 3. The lowest BCUT2D eigenvalue weighted by Gasteiger charge is -2.42. The molecule has 0 radical (unpaired) electrons. The highest BCUT2D eigenvalue weighted by Gasteiger charge is 2.55. The van der Waals surface area contributed by atoms with Crippen LogP contribution in [0, 0.1) is 5.21 Å². The minimum Gasteiger partial charge on any atom is -0.754 e. The SMILES string of the molecule is CCCCN1C(=O)N([O-])C(C)(C)[C@]1(C)O. The van der Waals surface area contributed by atoms with E-state index in [0.717, 1.165) is 12.8 Å². The van der Waals surface area contributed by atoms with Crippen LogP contribution in [0.3, 0.4) is 0 Å². The highest BCUT2D eigenvalue weighted by Crippen LogP contribution is 2.38. The van der Waals surface area contributed by atoms with Crippen molar-refractivity contribution in [3.05, 3.63) is 5.21 Å². The van der Waals surface area contributed by atoms with E-state index in [1.54, 1.807) is 13.8 Å². The molecule has 5 nitrogen and oxygen atoms in total. The maximum atomic E-state index is 11.6. The summed E-state index contributed by atoms with van der Waals surface area (Å²) in [6.07, 6.45) is 1.70. The summed E-state index contributed by atoms with van der Waals surface area (Å²) in [6, 6.07) is -0.640. The zero-order valence-corrected chi connectivity index (χ0v) is 9.78. The van der Waals surface area contributed by atoms with Crippen molar-refractivity contribution in [1.29, 1.82) is 0 Å². The van der Waals surface area contributed by atoms with Gasteiger partial charge in [-0.1, -0.05) is 13.3 Å². The molecule has 0 bridgehead atoms. The number of nitrogens with zero attached hydrogens (tertiary/aromatic N) is 2. The Hall–Kier alpha value is -0.810. The second-order valence-electron chi connectivity index (χ2n) is 4.66. The highest BCUT2D eigenvalue weighted by atomic mass is 16.5. The predicted molar refractivity (Wildman–Crippen MR) is 56.9 cm³/mol. The normalized spacial score (nSPS) is 30.1. The van der Waals surface area contributed by atoms with Crippen molar-refractivity contribution in [2.24, 2.45) is 0 Å². The van der Waals surface area contributed by atoms with Gasteiger partial charge in [0.2, 0.25) is 0 Å². The Morgan fingerprint density at radius 3 is 2.27 bits per heavy atom. The Bertz CT molecular complexity index is 263. The van der Waals surface area contributed by atoms with Gasteiger partial charge in [0.25, 0.3) is 0 Å². The molecule has 2 amide bonds. The maximum Gasteiger partial charge on any atom is 0.312 e. The van der Waals surface area contributed by atoms with E-state index in [9.17, 15) is 15.1 Å². The molecule has 0 aromatic heterocycles. The maximum absolute atomic E-state index is 11.6. The van der Waals surface area contributed by atoms with Gasteiger partial charge in [0.05, 0.1) is 5.54 Å². The fourth-order valence-electron chi connectivity index (χ4n) is 1.69. The number of hydrogen-bond donors (Lipinski definition) is 1. The molecule has 1 atom stereocenters. The Morgan fingerprint density at radius 1 is 1.40 bits per heavy atom. The molecule has 0 aromatic carbocycles. The van der Waals surface area contributed by atoms with Crippen LogP contribution in [0.25, 0.3) is 0 Å². The molecule has 1 rings (SSSR count). The number of carbonyl (C=O) groups is 1. The van der Waals surface area contributed by atoms with E-state index >= 15 is 0 Å². The third-order valence-corrected chi connectivity index (χ3v) is 3.33. The molecule has 1 N–H and O–H groups in total. The van der Waals surface area contributed by atoms with E-state index in [1.807, 2.05) is 6.92 Å². The third-order valence-electron chi connectivity index (χ3n) is 3.33. The Kier molecular flexibility index (Phi) is 2.98. The number of carbonyl (C=O) groups excluding carboxylic acids is 1. The fraction of sp³-hybridized carbons (Fsp3) is 0.900. The molecule has 0 spiro atoms. The first-order valence-corrected chi connectivity index (χ1v) is 5.28. The first-order valence-electron chi connectivity index (χ1n) is 5.28. The lowest BCUT2D eigenvalue weighted by molar-refractivity contribution is -0.0994. The zero-order valence-electron chi connectivity index (χ0n) is 9.78. The van der Waals surface area contributed by atoms with E-state index in [4.69, 9.17) is 0 Å². The van der Waals surface area contributed by atoms with E-state index in [0.29, 0.717) is 11.6 Å². The van der Waals surface area contributed by atoms with Crippen LogP contribution in [0.1, 0.15) is 40.5 Å². The van der Waals surface area contributed by atoms with Crippen LogP contribution >= 0.6 is 0 Å². The fourth-order valence-corrected chi connectivity index (χ4v) is 1.69. The molecule has 0 aliphatic carbocycles. The van der Waals surface area contributed by atoms with Crippen molar-refractivity contribution in [3.63, 3.8) is 0 Å². The minimum atomic E-state index is -1.40. The van der Waals surface area contributed by atoms with Crippen LogP contribution in [-0.2, 0) is 0 Å². The second kappa shape index (κ2) is 3.64. The summed E-state index contributed by atoms with van der Waals surface area (Å²) >= 11 is 0. The molecular formula is C10H19N2O3-. The highest BCUT2D eigenvalue weighted by molar-refractivity contribution is 5.79. The van der Waals surface area contributed by atoms with Crippen molar-refractivity contribution >= 4 is 6.03 Å². The van der Waals surface area contributed by atoms with Crippen molar-refractivity contribution in [1.82, 2.24) is 9.96 Å². The van der Waals surface area contributed by atoms with E-state index in [2.05, 4.69) is 0 Å². The van der Waals surface area contributed by atoms with Crippen molar-refractivity contribution in [3.8, 4) is 0 Å². The molecule has 1 aliphatic heterocycles. The Labute approximate surface area is 90.2 Å². The van der Waals surface area contributed by atoms with Crippen LogP contribution in [0.2, 0.25) is 0 Å². The summed E-state index contributed by atoms with van der Waals surface area (Å²) in [6.45, 7) is 7.08. The van der Waals surface area contributed by atoms with Gasteiger partial charge in [-0.15, -0.1) is 0 Å². The largest absolute Gasteiger partial charge is 0.754 e. The van der Waals surface area contributed by atoms with Crippen LogP contribution in [-0.4, -0.2) is 38.9 Å². The van der Waals surface area contributed by atoms with Gasteiger partial charge in [-0.25, -0.2) is 4.79 Å². The van der Waals surface area contributed by atoms with Crippen LogP contribution in [0.15, 0.2) is 0 Å². The van der Waals surface area contributed by atoms with E-state index in [1.165, 1.54) is 11.8 Å². The number of hydroxylamine groups is 2. The molecule has 0 aromatic rings. The summed E-state index contributed by atoms with van der Waals surface area (Å²) < 4.78 is 0. The smallest absolute Gasteiger partial charge is 0.312 e. The summed E-state index contributed by atoms with van der Waals surface area (Å²) in [4.78, 5) is 12.9. The second-order valence-corrected chi connectivity index (χ2v) is 4.66. The Morgan fingerprint density at radius 2 is 1.93 bits per heavy atom. The average Bonchev–Trinajstić information content (AvgIpc) is 2.25. The number of amides is 2. The Balaban J connectivity index is 2.93. The predicted octanol–water partition coefficient (Wildman–Crippen LogP) is 1.51. The molecule has 0 saturated carbocycles. The molecule has 1 aliphatic rings. The molecule has 88 valence electrons. The van der Waals surface area contributed by atoms with Gasteiger partial charge < -0.3 is 15.4 Å². The van der Waals surface area contributed by atoms with E-state index < -0.39 is 17.3 Å². The first kappa shape index (κ1) is 12.3. The number of rotatable bonds is 3. The molecule has 1 fully saturated rings. The lowest BCUT2D eigenvalue weighted by Crippen LogP contribution is -2.55. The molecule has 0 unspecified atom stereocenters. The summed E-state index contributed by atoms with van der Waals surface area (Å²) in [5.41, 5.74) is -2.50. The lowest BCUT2D eigenvalue weighted by atomic mass is 9.93. The molecule has 1 heterocycles. The number of urea groups is 1. The molecule has 15 heavy (non-hydrogen) atoms. The van der Waals surface area contributed by atoms with Gasteiger partial charge >= 0.3 is 6.03 Å². The van der Waals surface area contributed by atoms with Crippen molar-refractivity contribution < 1.29 is 9.90 Å². The third kappa shape index (κ3) is 1.59. The zero-order chi connectivity index (χ0) is 11.9. The van der Waals surface area contributed by atoms with Gasteiger partial charge in [-0.2, -0.15) is 0 Å². The summed E-state index contributed by atoms with van der Waals surface area (Å²) in [5, 5.41) is 22.2. The van der Waals surface area contributed by atoms with Crippen LogP contribution < -0.4 is 0 Å². The first-order chi connectivity index (χ1) is 6.76. The van der Waals surface area contributed by atoms with Gasteiger partial charge in [-0.3, -0.25) is 4.90 Å². The van der Waals surface area contributed by atoms with Gasteiger partial charge in [0.15, 0.2) is 5.72 Å². The van der Waals surface area contributed by atoms with Crippen LogP contribution in [0.4, 0.5) is 4.79 Å². The number of unbranched alkanes of at least 4 members (excludes halogenated alkanes) is 1. The molecular weight excluding hydrogens is 196 g/mol. The van der Waals surface area contributed by atoms with Gasteiger partial charge in [0, 0.05) is 6.54 Å². The summed E-state index contributed by atoms with van der Waals surface area (Å²) in [7, 11) is 0. The van der Waals surface area contributed by atoms with Crippen molar-refractivity contribution in [2.75, 3.05) is 6.54 Å². The summed E-state index contributed by atoms with van der Waals surface area (Å²) in [5.74, 6) is 0. The molecule has 1 saturated heterocycles. The minimum absolute atomic E-state index is 0.364. The van der Waals surface area contributed by atoms with E-state index in [-0.39, 0.29) is 0 Å². The quantitative estimate of drug-likeness (QED) is 0.776. The number of aliphatic hydroxyl groups is 1. The standard InChI is InChI=1S/C10H19N2O3/c1-5-6-7-11-8(13)12(15)9(2,3)10(11,4)14/h14H,5-7H2,1-4H3/q-1/t10-/m0/s1. The topological polar surface area (TPSA) is 66.8 Å². The van der Waals surface area contributed by atoms with Crippen molar-refractivity contribution in [2.45, 2.75) is 51.8 Å². The molecule has 5 heteroatoms. The average molecular weight is 215 g/mol. The van der Waals surface area contributed by atoms with Crippen LogP contribution in [0.5, 0.6) is 0 Å².